The molecule has 4 heavy (non-hydrogen) atoms. The first-order valence-electron chi connectivity index (χ1n) is 0. The summed E-state index contributed by atoms with van der Waals surface area (Å²) in [6, 6.07) is 0. The van der Waals surface area contributed by atoms with Gasteiger partial charge >= 0.3 is 46.8 Å². The molecule has 0 aromatic rings. The van der Waals surface area contributed by atoms with Gasteiger partial charge in [0.15, 0.2) is 0 Å². The molecule has 0 saturated heterocycles. The van der Waals surface area contributed by atoms with Gasteiger partial charge in [0, 0.05) is 0 Å². The Bertz CT molecular complexity index is 6.00. The molecule has 0 aliphatic carbocycles. The molecule has 0 fully saturated rings. The van der Waals surface area contributed by atoms with Crippen molar-refractivity contribution in [3.63, 3.8) is 0 Å². The molecule has 0 saturated carbocycles. The normalized spacial score (nSPS) is 0. The Morgan fingerprint density at radius 1 is 0.750 bits per heavy atom. The van der Waals surface area contributed by atoms with Crippen molar-refractivity contribution in [3.8, 4) is 0 Å². The predicted octanol–water partition coefficient (Wildman–Crippen LogP) is -0.243. The van der Waals surface area contributed by atoms with Gasteiger partial charge in [-0.05, 0) is 0 Å². The van der Waals surface area contributed by atoms with Crippen LogP contribution in [0, 0.1) is 0 Å². The Kier molecular flexibility index (Phi) is 317. The topological polar surface area (TPSA) is 57.0 Å². The Morgan fingerprint density at radius 3 is 0.750 bits per heavy atom. The van der Waals surface area contributed by atoms with Crippen LogP contribution < -0.4 is 0 Å². The van der Waals surface area contributed by atoms with Gasteiger partial charge in [-0.15, -0.1) is 0 Å². The first-order chi connectivity index (χ1) is 0. The van der Waals surface area contributed by atoms with Crippen LogP contribution in [0.25, 0.3) is 0 Å². The van der Waals surface area contributed by atoms with Crippen LogP contribution in [0.1, 0.15) is 0 Å². The Morgan fingerprint density at radius 2 is 0.750 bits per heavy atom. The number of hydrogen-bond donors (Lipinski definition) is 0. The second-order valence-corrected chi connectivity index (χ2v) is 0. The van der Waals surface area contributed by atoms with E-state index in [0.717, 1.165) is 0 Å². The van der Waals surface area contributed by atoms with Crippen molar-refractivity contribution in [1.29, 1.82) is 0 Å². The summed E-state index contributed by atoms with van der Waals surface area (Å²) < 4.78 is 0. The van der Waals surface area contributed by atoms with E-state index in [4.69, 9.17) is 0 Å². The van der Waals surface area contributed by atoms with Gasteiger partial charge in [0.25, 0.3) is 0 Å². The second kappa shape index (κ2) is 25.0. The zero-order chi connectivity index (χ0) is 0. The van der Waals surface area contributed by atoms with E-state index in [0.29, 0.717) is 0 Å². The molecule has 16 valence electrons. The van der Waals surface area contributed by atoms with Crippen molar-refractivity contribution in [2.75, 3.05) is 0 Å². The van der Waals surface area contributed by atoms with E-state index >= 15 is 0 Å². The summed E-state index contributed by atoms with van der Waals surface area (Å²) >= 11 is 0. The summed E-state index contributed by atoms with van der Waals surface area (Å²) in [5, 5.41) is 0. The molecule has 0 rings (SSSR count). The van der Waals surface area contributed by atoms with E-state index in [1.807, 2.05) is 0 Å². The molecule has 0 heterocycles. The van der Waals surface area contributed by atoms with E-state index in [-0.39, 0.29) is 57.7 Å². The molecule has 2 nitrogen and oxygen atoms in total. The minimum Gasteiger partial charge on any atom is -2.00 e. The van der Waals surface area contributed by atoms with E-state index < -0.39 is 0 Å². The second-order valence-electron chi connectivity index (χ2n) is 0. The Balaban J connectivity index is 0. The molecule has 0 N–H and O–H groups in total. The summed E-state index contributed by atoms with van der Waals surface area (Å²) in [6.07, 6.45) is 0. The molecule has 0 radical (unpaired) electrons. The number of hydrogen-bond acceptors (Lipinski definition) is 0. The summed E-state index contributed by atoms with van der Waals surface area (Å²) in [7, 11) is 0. The van der Waals surface area contributed by atoms with Gasteiger partial charge in [0.1, 0.15) is 0 Å². The molecule has 0 aliphatic heterocycles. The van der Waals surface area contributed by atoms with Gasteiger partial charge in [0.05, 0.1) is 0 Å². The van der Waals surface area contributed by atoms with Crippen molar-refractivity contribution < 1.29 is 57.7 Å². The molecule has 0 aromatic heterocycles. The molecule has 0 spiro atoms. The van der Waals surface area contributed by atoms with Crippen molar-refractivity contribution in [2.45, 2.75) is 0 Å². The molecule has 0 amide bonds. The van der Waals surface area contributed by atoms with Crippen molar-refractivity contribution in [2.24, 2.45) is 0 Å². The molecule has 0 aromatic carbocycles. The van der Waals surface area contributed by atoms with Crippen molar-refractivity contribution >= 4 is 0 Å². The quantitative estimate of drug-likeness (QED) is 0.495. The minimum absolute atomic E-state index is 0. The van der Waals surface area contributed by atoms with Crippen LogP contribution in [0.15, 0.2) is 0 Å². The maximum atomic E-state index is 0. The fraction of sp³-hybridized carbons (Fsp3) is 0. The first kappa shape index (κ1) is 50.7. The van der Waals surface area contributed by atoms with E-state index in [9.17, 15) is 0 Å². The first-order valence-corrected chi connectivity index (χ1v) is 0. The van der Waals surface area contributed by atoms with Crippen LogP contribution in [0.4, 0.5) is 0 Å². The van der Waals surface area contributed by atoms with E-state index in [1.54, 1.807) is 0 Å². The Labute approximate surface area is 57.5 Å². The third kappa shape index (κ3) is 9.81. The SMILES string of the molecule is [Cd+2].[O-2].[O-2].[Zn+2]. The summed E-state index contributed by atoms with van der Waals surface area (Å²) in [5.74, 6) is 0. The summed E-state index contributed by atoms with van der Waals surface area (Å²) in [5.41, 5.74) is 0. The predicted molar refractivity (Wildman–Crippen MR) is 1.37 cm³/mol. The van der Waals surface area contributed by atoms with Gasteiger partial charge in [-0.3, -0.25) is 0 Å². The third-order valence-electron chi connectivity index (χ3n) is 0. The van der Waals surface area contributed by atoms with Gasteiger partial charge in [-0.2, -0.15) is 0 Å². The molecule has 0 aliphatic rings. The third-order valence-corrected chi connectivity index (χ3v) is 0. The summed E-state index contributed by atoms with van der Waals surface area (Å²) in [6.45, 7) is 0. The molecule has 0 unspecified atom stereocenters. The average molecular weight is 210 g/mol. The fourth-order valence-electron chi connectivity index (χ4n) is 0. The molecule has 0 bridgehead atoms. The maximum Gasteiger partial charge on any atom is 2.00 e. The fourth-order valence-corrected chi connectivity index (χ4v) is 0. The van der Waals surface area contributed by atoms with E-state index in [2.05, 4.69) is 0 Å². The molecular weight excluding hydrogens is 210 g/mol. The Hall–Kier alpha value is 1.47. The number of rotatable bonds is 0. The van der Waals surface area contributed by atoms with Crippen LogP contribution in [-0.4, -0.2) is 0 Å². The molecular formula is CdO2Zn. The minimum atomic E-state index is 0. The largest absolute Gasteiger partial charge is 2.00 e. The van der Waals surface area contributed by atoms with E-state index in [1.165, 1.54) is 0 Å². The standard InChI is InChI=1S/Cd.2O.Zn/q+2;2*-2;+2. The smallest absolute Gasteiger partial charge is 2.00 e. The maximum absolute atomic E-state index is 0. The van der Waals surface area contributed by atoms with Crippen LogP contribution in [0.3, 0.4) is 0 Å². The van der Waals surface area contributed by atoms with Crippen LogP contribution >= 0.6 is 0 Å². The van der Waals surface area contributed by atoms with Gasteiger partial charge in [-0.25, -0.2) is 0 Å². The molecule has 4 heteroatoms. The van der Waals surface area contributed by atoms with Crippen LogP contribution in [0.5, 0.6) is 0 Å². The average Bonchev–Trinajstić information content (AvgIpc) is 0. The van der Waals surface area contributed by atoms with Crippen LogP contribution in [0.2, 0.25) is 0 Å². The summed E-state index contributed by atoms with van der Waals surface area (Å²) in [4.78, 5) is 0. The zero-order valence-electron chi connectivity index (χ0n) is 2.23. The van der Waals surface area contributed by atoms with Gasteiger partial charge in [0.2, 0.25) is 0 Å². The molecule has 0 atom stereocenters. The van der Waals surface area contributed by atoms with Crippen molar-refractivity contribution in [3.05, 3.63) is 0 Å². The zero-order valence-corrected chi connectivity index (χ0v) is 9.23. The van der Waals surface area contributed by atoms with Gasteiger partial charge < -0.3 is 11.0 Å². The van der Waals surface area contributed by atoms with Gasteiger partial charge in [-0.1, -0.05) is 0 Å². The monoisotopic (exact) mass is 210 g/mol. The van der Waals surface area contributed by atoms with Crippen molar-refractivity contribution in [1.82, 2.24) is 0 Å². The van der Waals surface area contributed by atoms with Crippen LogP contribution in [-0.2, 0) is 57.7 Å².